The predicted molar refractivity (Wildman–Crippen MR) is 109 cm³/mol. The lowest BCUT2D eigenvalue weighted by Gasteiger charge is -2.29. The summed E-state index contributed by atoms with van der Waals surface area (Å²) in [4.78, 5) is 23.0. The molecule has 3 rings (SSSR count). The molecule has 1 aliphatic rings. The summed E-state index contributed by atoms with van der Waals surface area (Å²) in [7, 11) is -3.57. The lowest BCUT2D eigenvalue weighted by molar-refractivity contribution is -0.384. The first-order chi connectivity index (χ1) is 13.7. The van der Waals surface area contributed by atoms with Gasteiger partial charge in [-0.25, -0.2) is 8.42 Å². The Morgan fingerprint density at radius 1 is 1.14 bits per heavy atom. The number of carbonyl (C=O) groups excluding carboxylic acids is 1. The Morgan fingerprint density at radius 3 is 2.31 bits per heavy atom. The average molecular weight is 417 g/mol. The summed E-state index contributed by atoms with van der Waals surface area (Å²) < 4.78 is 27.0. The lowest BCUT2D eigenvalue weighted by atomic mass is 10.0. The molecule has 1 N–H and O–H groups in total. The van der Waals surface area contributed by atoms with Gasteiger partial charge < -0.3 is 5.32 Å². The molecule has 1 saturated heterocycles. The molecule has 0 unspecified atom stereocenters. The predicted octanol–water partition coefficient (Wildman–Crippen LogP) is 3.58. The highest BCUT2D eigenvalue weighted by Crippen LogP contribution is 2.25. The van der Waals surface area contributed by atoms with Crippen LogP contribution in [-0.2, 0) is 10.0 Å². The minimum absolute atomic E-state index is 0.0536. The molecule has 9 heteroatoms. The fourth-order valence-electron chi connectivity index (χ4n) is 3.25. The van der Waals surface area contributed by atoms with Gasteiger partial charge in [-0.05, 0) is 61.6 Å². The number of nitrogens with zero attached hydrogens (tertiary/aromatic N) is 2. The van der Waals surface area contributed by atoms with Crippen LogP contribution in [0.4, 0.5) is 11.4 Å². The largest absolute Gasteiger partial charge is 0.322 e. The van der Waals surface area contributed by atoms with Gasteiger partial charge in [-0.1, -0.05) is 6.92 Å². The van der Waals surface area contributed by atoms with Gasteiger partial charge in [-0.2, -0.15) is 4.31 Å². The summed E-state index contributed by atoms with van der Waals surface area (Å²) in [6.45, 7) is 4.79. The number of sulfonamides is 1. The fourth-order valence-corrected chi connectivity index (χ4v) is 4.72. The van der Waals surface area contributed by atoms with Crippen LogP contribution in [0.3, 0.4) is 0 Å². The Kier molecular flexibility index (Phi) is 5.99. The first-order valence-corrected chi connectivity index (χ1v) is 10.8. The highest BCUT2D eigenvalue weighted by Gasteiger charge is 2.28. The molecule has 0 saturated carbocycles. The van der Waals surface area contributed by atoms with E-state index in [-0.39, 0.29) is 10.6 Å². The molecule has 0 radical (unpaired) electrons. The van der Waals surface area contributed by atoms with Crippen molar-refractivity contribution in [3.05, 3.63) is 63.7 Å². The van der Waals surface area contributed by atoms with Gasteiger partial charge in [0, 0.05) is 36.5 Å². The number of carbonyl (C=O) groups is 1. The Hall–Kier alpha value is -2.78. The smallest absolute Gasteiger partial charge is 0.269 e. The Labute approximate surface area is 169 Å². The third kappa shape index (κ3) is 4.63. The molecular weight excluding hydrogens is 394 g/mol. The van der Waals surface area contributed by atoms with Crippen LogP contribution >= 0.6 is 0 Å². The fraction of sp³-hybridized carbons (Fsp3) is 0.350. The molecule has 1 amide bonds. The molecule has 0 aromatic heterocycles. The Balaban J connectivity index is 1.73. The molecule has 2 aromatic rings. The van der Waals surface area contributed by atoms with E-state index in [1.54, 1.807) is 6.92 Å². The Bertz CT molecular complexity index is 1030. The highest BCUT2D eigenvalue weighted by molar-refractivity contribution is 7.89. The molecule has 154 valence electrons. The molecular formula is C20H23N3O5S. The molecule has 0 bridgehead atoms. The quantitative estimate of drug-likeness (QED) is 0.591. The van der Waals surface area contributed by atoms with Crippen LogP contribution in [0.2, 0.25) is 0 Å². The molecule has 8 nitrogen and oxygen atoms in total. The number of benzene rings is 2. The molecule has 2 aromatic carbocycles. The van der Waals surface area contributed by atoms with E-state index in [2.05, 4.69) is 12.2 Å². The number of non-ortho nitro benzene ring substituents is 1. The van der Waals surface area contributed by atoms with E-state index in [1.165, 1.54) is 46.8 Å². The van der Waals surface area contributed by atoms with Gasteiger partial charge in [-0.15, -0.1) is 0 Å². The number of nitrogens with one attached hydrogen (secondary N) is 1. The second-order valence-corrected chi connectivity index (χ2v) is 9.26. The van der Waals surface area contributed by atoms with E-state index in [0.29, 0.717) is 35.8 Å². The van der Waals surface area contributed by atoms with Crippen molar-refractivity contribution in [1.82, 2.24) is 4.31 Å². The van der Waals surface area contributed by atoms with Crippen molar-refractivity contribution in [2.45, 2.75) is 31.6 Å². The second kappa shape index (κ2) is 8.30. The van der Waals surface area contributed by atoms with E-state index < -0.39 is 20.9 Å². The number of piperidine rings is 1. The van der Waals surface area contributed by atoms with Crippen LogP contribution in [0.1, 0.15) is 35.7 Å². The highest BCUT2D eigenvalue weighted by atomic mass is 32.2. The number of aryl methyl sites for hydroxylation is 1. The third-order valence-electron chi connectivity index (χ3n) is 5.17. The number of amides is 1. The minimum Gasteiger partial charge on any atom is -0.322 e. The van der Waals surface area contributed by atoms with Gasteiger partial charge in [0.2, 0.25) is 10.0 Å². The topological polar surface area (TPSA) is 110 Å². The normalized spacial score (nSPS) is 15.8. The molecule has 29 heavy (non-hydrogen) atoms. The number of rotatable bonds is 5. The van der Waals surface area contributed by atoms with Gasteiger partial charge in [0.15, 0.2) is 0 Å². The zero-order chi connectivity index (χ0) is 21.2. The van der Waals surface area contributed by atoms with Crippen LogP contribution < -0.4 is 5.32 Å². The molecule has 0 aliphatic carbocycles. The number of nitro groups is 1. The minimum atomic E-state index is -3.57. The maximum Gasteiger partial charge on any atom is 0.269 e. The molecule has 0 atom stereocenters. The summed E-state index contributed by atoms with van der Waals surface area (Å²) in [5.74, 6) is 0.105. The first kappa shape index (κ1) is 20.9. The summed E-state index contributed by atoms with van der Waals surface area (Å²) in [5, 5.41) is 13.5. The average Bonchev–Trinajstić information content (AvgIpc) is 2.69. The first-order valence-electron chi connectivity index (χ1n) is 9.35. The number of anilines is 1. The van der Waals surface area contributed by atoms with E-state index in [9.17, 15) is 23.3 Å². The second-order valence-electron chi connectivity index (χ2n) is 7.32. The maximum absolute atomic E-state index is 12.8. The summed E-state index contributed by atoms with van der Waals surface area (Å²) in [6.07, 6.45) is 1.68. The van der Waals surface area contributed by atoms with Gasteiger partial charge in [0.05, 0.1) is 9.82 Å². The van der Waals surface area contributed by atoms with Crippen molar-refractivity contribution in [1.29, 1.82) is 0 Å². The van der Waals surface area contributed by atoms with Crippen molar-refractivity contribution in [2.75, 3.05) is 18.4 Å². The van der Waals surface area contributed by atoms with E-state index in [1.807, 2.05) is 0 Å². The SMILES string of the molecule is Cc1cc([N+](=O)[O-])ccc1NC(=O)c1ccc(S(=O)(=O)N2CCC(C)CC2)cc1. The van der Waals surface area contributed by atoms with Crippen molar-refractivity contribution in [3.63, 3.8) is 0 Å². The molecule has 1 fully saturated rings. The standard InChI is InChI=1S/C20H23N3O5S/c1-14-9-11-22(12-10-14)29(27,28)18-6-3-16(4-7-18)20(24)21-19-8-5-17(23(25)26)13-15(19)2/h3-8,13-14H,9-12H2,1-2H3,(H,21,24). The molecule has 0 spiro atoms. The third-order valence-corrected chi connectivity index (χ3v) is 7.08. The zero-order valence-electron chi connectivity index (χ0n) is 16.3. The zero-order valence-corrected chi connectivity index (χ0v) is 17.1. The van der Waals surface area contributed by atoms with Crippen molar-refractivity contribution >= 4 is 27.3 Å². The summed E-state index contributed by atoms with van der Waals surface area (Å²) in [6, 6.07) is 9.98. The van der Waals surface area contributed by atoms with Crippen LogP contribution in [0.5, 0.6) is 0 Å². The summed E-state index contributed by atoms with van der Waals surface area (Å²) >= 11 is 0. The van der Waals surface area contributed by atoms with Crippen molar-refractivity contribution < 1.29 is 18.1 Å². The maximum atomic E-state index is 12.8. The van der Waals surface area contributed by atoms with Gasteiger partial charge in [0.25, 0.3) is 11.6 Å². The number of nitro benzene ring substituents is 1. The van der Waals surface area contributed by atoms with Gasteiger partial charge in [-0.3, -0.25) is 14.9 Å². The summed E-state index contributed by atoms with van der Waals surface area (Å²) in [5.41, 5.74) is 1.27. The number of hydrogen-bond acceptors (Lipinski definition) is 5. The van der Waals surface area contributed by atoms with Crippen LogP contribution in [-0.4, -0.2) is 36.6 Å². The van der Waals surface area contributed by atoms with Gasteiger partial charge in [0.1, 0.15) is 0 Å². The monoisotopic (exact) mass is 417 g/mol. The van der Waals surface area contributed by atoms with Crippen molar-refractivity contribution in [2.24, 2.45) is 5.92 Å². The van der Waals surface area contributed by atoms with Crippen LogP contribution in [0.25, 0.3) is 0 Å². The van der Waals surface area contributed by atoms with Crippen molar-refractivity contribution in [3.8, 4) is 0 Å². The van der Waals surface area contributed by atoms with E-state index in [0.717, 1.165) is 12.8 Å². The van der Waals surface area contributed by atoms with Crippen LogP contribution in [0, 0.1) is 23.0 Å². The van der Waals surface area contributed by atoms with E-state index >= 15 is 0 Å². The van der Waals surface area contributed by atoms with Crippen LogP contribution in [0.15, 0.2) is 47.4 Å². The van der Waals surface area contributed by atoms with Gasteiger partial charge >= 0.3 is 0 Å². The number of hydrogen-bond donors (Lipinski definition) is 1. The molecule has 1 heterocycles. The lowest BCUT2D eigenvalue weighted by Crippen LogP contribution is -2.37. The molecule has 1 aliphatic heterocycles. The van der Waals surface area contributed by atoms with E-state index in [4.69, 9.17) is 0 Å². The Morgan fingerprint density at radius 2 is 1.76 bits per heavy atom.